The fraction of sp³-hybridized carbons (Fsp3) is 0.364. The number of methoxy groups -OCH3 is 1. The summed E-state index contributed by atoms with van der Waals surface area (Å²) in [5.41, 5.74) is 0.470. The Morgan fingerprint density at radius 1 is 1.40 bits per heavy atom. The summed E-state index contributed by atoms with van der Waals surface area (Å²) >= 11 is 0. The summed E-state index contributed by atoms with van der Waals surface area (Å²) < 4.78 is 9.88. The number of carbonyl (C=O) groups is 1. The number of ether oxygens (including phenoxy) is 2. The van der Waals surface area contributed by atoms with E-state index in [0.717, 1.165) is 0 Å². The smallest absolute Gasteiger partial charge is 0.340 e. The molecule has 1 aromatic rings. The van der Waals surface area contributed by atoms with Gasteiger partial charge in [0.1, 0.15) is 0 Å². The van der Waals surface area contributed by atoms with Crippen LogP contribution in [0.3, 0.4) is 0 Å². The molecule has 4 heteroatoms. The van der Waals surface area contributed by atoms with Crippen LogP contribution in [0.15, 0.2) is 30.3 Å². The molecule has 0 aliphatic rings. The van der Waals surface area contributed by atoms with Gasteiger partial charge in [0.05, 0.1) is 5.56 Å². The molecule has 0 fully saturated rings. The predicted molar refractivity (Wildman–Crippen MR) is 54.4 cm³/mol. The van der Waals surface area contributed by atoms with Crippen LogP contribution in [0, 0.1) is 0 Å². The van der Waals surface area contributed by atoms with Gasteiger partial charge in [-0.25, -0.2) is 4.79 Å². The first-order valence-corrected chi connectivity index (χ1v) is 4.67. The molecule has 0 amide bonds. The molecule has 82 valence electrons. The fourth-order valence-corrected chi connectivity index (χ4v) is 1.09. The van der Waals surface area contributed by atoms with Crippen molar-refractivity contribution in [3.05, 3.63) is 35.9 Å². The van der Waals surface area contributed by atoms with Gasteiger partial charge in [-0.1, -0.05) is 18.2 Å². The van der Waals surface area contributed by atoms with E-state index in [-0.39, 0.29) is 13.0 Å². The van der Waals surface area contributed by atoms with Crippen molar-refractivity contribution in [1.29, 1.82) is 0 Å². The SMILES string of the molecule is COC(CCO)OC(=O)c1ccccc1. The lowest BCUT2D eigenvalue weighted by atomic mass is 10.2. The van der Waals surface area contributed by atoms with E-state index < -0.39 is 12.3 Å². The van der Waals surface area contributed by atoms with E-state index in [2.05, 4.69) is 0 Å². The average Bonchev–Trinajstić information content (AvgIpc) is 2.29. The van der Waals surface area contributed by atoms with Crippen LogP contribution in [-0.2, 0) is 9.47 Å². The van der Waals surface area contributed by atoms with E-state index in [1.165, 1.54) is 7.11 Å². The number of carbonyl (C=O) groups excluding carboxylic acids is 1. The van der Waals surface area contributed by atoms with E-state index in [1.54, 1.807) is 24.3 Å². The minimum absolute atomic E-state index is 0.0828. The largest absolute Gasteiger partial charge is 0.432 e. The molecular weight excluding hydrogens is 196 g/mol. The zero-order chi connectivity index (χ0) is 11.1. The van der Waals surface area contributed by atoms with Gasteiger partial charge in [-0.15, -0.1) is 0 Å². The number of aliphatic hydroxyl groups excluding tert-OH is 1. The highest BCUT2D eigenvalue weighted by atomic mass is 16.7. The van der Waals surface area contributed by atoms with Gasteiger partial charge >= 0.3 is 5.97 Å². The van der Waals surface area contributed by atoms with Crippen LogP contribution in [0.1, 0.15) is 16.8 Å². The van der Waals surface area contributed by atoms with E-state index in [1.807, 2.05) is 6.07 Å². The van der Waals surface area contributed by atoms with Crippen LogP contribution >= 0.6 is 0 Å². The monoisotopic (exact) mass is 210 g/mol. The molecule has 4 nitrogen and oxygen atoms in total. The van der Waals surface area contributed by atoms with Crippen LogP contribution in [0.5, 0.6) is 0 Å². The Morgan fingerprint density at radius 2 is 2.07 bits per heavy atom. The summed E-state index contributed by atoms with van der Waals surface area (Å²) in [7, 11) is 1.43. The third-order valence-corrected chi connectivity index (χ3v) is 1.88. The lowest BCUT2D eigenvalue weighted by molar-refractivity contribution is -0.0984. The van der Waals surface area contributed by atoms with Gasteiger partial charge in [-0.2, -0.15) is 0 Å². The molecular formula is C11H14O4. The summed E-state index contributed by atoms with van der Waals surface area (Å²) in [5.74, 6) is -0.448. The number of hydrogen-bond donors (Lipinski definition) is 1. The maximum atomic E-state index is 11.5. The molecule has 15 heavy (non-hydrogen) atoms. The first-order chi connectivity index (χ1) is 7.27. The maximum absolute atomic E-state index is 11.5. The molecule has 0 spiro atoms. The lowest BCUT2D eigenvalue weighted by Gasteiger charge is -2.14. The Labute approximate surface area is 88.4 Å². The zero-order valence-electron chi connectivity index (χ0n) is 8.55. The minimum atomic E-state index is -0.692. The van der Waals surface area contributed by atoms with Crippen molar-refractivity contribution in [2.45, 2.75) is 12.7 Å². The topological polar surface area (TPSA) is 55.8 Å². The Hall–Kier alpha value is -1.39. The van der Waals surface area contributed by atoms with Crippen LogP contribution in [0.4, 0.5) is 0 Å². The Balaban J connectivity index is 2.55. The Morgan fingerprint density at radius 3 is 2.60 bits per heavy atom. The summed E-state index contributed by atoms with van der Waals surface area (Å²) in [6, 6.07) is 8.65. The van der Waals surface area contributed by atoms with Crippen molar-refractivity contribution in [2.75, 3.05) is 13.7 Å². The van der Waals surface area contributed by atoms with Crippen LogP contribution < -0.4 is 0 Å². The van der Waals surface area contributed by atoms with Crippen molar-refractivity contribution in [2.24, 2.45) is 0 Å². The molecule has 1 aromatic carbocycles. The standard InChI is InChI=1S/C11H14O4/c1-14-10(7-8-12)15-11(13)9-5-3-2-4-6-9/h2-6,10,12H,7-8H2,1H3. The second-order valence-electron chi connectivity index (χ2n) is 2.95. The van der Waals surface area contributed by atoms with Crippen LogP contribution in [0.25, 0.3) is 0 Å². The molecule has 0 radical (unpaired) electrons. The first-order valence-electron chi connectivity index (χ1n) is 4.67. The number of hydrogen-bond acceptors (Lipinski definition) is 4. The normalized spacial score (nSPS) is 12.1. The van der Waals surface area contributed by atoms with Gasteiger partial charge in [-0.3, -0.25) is 0 Å². The molecule has 0 aliphatic heterocycles. The second kappa shape index (κ2) is 6.16. The molecule has 0 saturated heterocycles. The quantitative estimate of drug-likeness (QED) is 0.586. The number of rotatable bonds is 5. The average molecular weight is 210 g/mol. The van der Waals surface area contributed by atoms with Gasteiger partial charge < -0.3 is 14.6 Å². The van der Waals surface area contributed by atoms with Gasteiger partial charge in [0, 0.05) is 20.1 Å². The Kier molecular flexibility index (Phi) is 4.80. The summed E-state index contributed by atoms with van der Waals surface area (Å²) in [6.07, 6.45) is -0.419. The van der Waals surface area contributed by atoms with Crippen LogP contribution in [-0.4, -0.2) is 31.1 Å². The molecule has 0 aliphatic carbocycles. The lowest BCUT2D eigenvalue weighted by Crippen LogP contribution is -2.21. The summed E-state index contributed by atoms with van der Waals surface area (Å²) in [4.78, 5) is 11.5. The highest BCUT2D eigenvalue weighted by molar-refractivity contribution is 5.89. The van der Waals surface area contributed by atoms with E-state index in [9.17, 15) is 4.79 Å². The molecule has 0 aromatic heterocycles. The zero-order valence-corrected chi connectivity index (χ0v) is 8.55. The van der Waals surface area contributed by atoms with Gasteiger partial charge in [-0.05, 0) is 12.1 Å². The molecule has 1 rings (SSSR count). The summed E-state index contributed by atoms with van der Waals surface area (Å²) in [5, 5.41) is 8.68. The highest BCUT2D eigenvalue weighted by Crippen LogP contribution is 2.06. The fourth-order valence-electron chi connectivity index (χ4n) is 1.09. The maximum Gasteiger partial charge on any atom is 0.340 e. The van der Waals surface area contributed by atoms with Crippen molar-refractivity contribution in [3.8, 4) is 0 Å². The molecule has 1 atom stereocenters. The molecule has 0 heterocycles. The Bertz CT molecular complexity index is 297. The first kappa shape index (κ1) is 11.7. The molecule has 0 saturated carbocycles. The van der Waals surface area contributed by atoms with Gasteiger partial charge in [0.25, 0.3) is 0 Å². The van der Waals surface area contributed by atoms with E-state index in [4.69, 9.17) is 14.6 Å². The number of benzene rings is 1. The second-order valence-corrected chi connectivity index (χ2v) is 2.95. The van der Waals surface area contributed by atoms with Crippen molar-refractivity contribution in [3.63, 3.8) is 0 Å². The molecule has 1 N–H and O–H groups in total. The van der Waals surface area contributed by atoms with Crippen molar-refractivity contribution >= 4 is 5.97 Å². The van der Waals surface area contributed by atoms with Gasteiger partial charge in [0.15, 0.2) is 0 Å². The van der Waals surface area contributed by atoms with Gasteiger partial charge in [0.2, 0.25) is 6.29 Å². The van der Waals surface area contributed by atoms with Crippen molar-refractivity contribution < 1.29 is 19.4 Å². The minimum Gasteiger partial charge on any atom is -0.432 e. The highest BCUT2D eigenvalue weighted by Gasteiger charge is 2.13. The number of esters is 1. The third-order valence-electron chi connectivity index (χ3n) is 1.88. The van der Waals surface area contributed by atoms with Crippen molar-refractivity contribution in [1.82, 2.24) is 0 Å². The predicted octanol–water partition coefficient (Wildman–Crippen LogP) is 1.20. The summed E-state index contributed by atoms with van der Waals surface area (Å²) in [6.45, 7) is -0.0828. The van der Waals surface area contributed by atoms with E-state index in [0.29, 0.717) is 5.56 Å². The molecule has 1 unspecified atom stereocenters. The third kappa shape index (κ3) is 3.69. The van der Waals surface area contributed by atoms with Crippen LogP contribution in [0.2, 0.25) is 0 Å². The van der Waals surface area contributed by atoms with E-state index >= 15 is 0 Å². The number of aliphatic hydroxyl groups is 1. The molecule has 0 bridgehead atoms.